The fourth-order valence-electron chi connectivity index (χ4n) is 3.80. The molecule has 0 bridgehead atoms. The van der Waals surface area contributed by atoms with Gasteiger partial charge in [-0.05, 0) is 37.1 Å². The highest BCUT2D eigenvalue weighted by atomic mass is 32.2. The summed E-state index contributed by atoms with van der Waals surface area (Å²) in [5.41, 5.74) is 2.45. The van der Waals surface area contributed by atoms with Gasteiger partial charge < -0.3 is 14.2 Å². The van der Waals surface area contributed by atoms with Crippen LogP contribution in [-0.4, -0.2) is 41.4 Å². The van der Waals surface area contributed by atoms with Crippen molar-refractivity contribution in [1.82, 2.24) is 4.90 Å². The molecule has 0 aliphatic carbocycles. The number of nitrogens with zero attached hydrogens (tertiary/aromatic N) is 2. The summed E-state index contributed by atoms with van der Waals surface area (Å²) < 4.78 is 16.4. The van der Waals surface area contributed by atoms with Crippen LogP contribution in [0.3, 0.4) is 0 Å². The molecule has 2 atom stereocenters. The molecule has 2 aromatic rings. The van der Waals surface area contributed by atoms with Crippen molar-refractivity contribution < 1.29 is 23.8 Å². The maximum Gasteiger partial charge on any atom is 0.338 e. The Kier molecular flexibility index (Phi) is 6.23. The smallest absolute Gasteiger partial charge is 0.338 e. The first-order valence-corrected chi connectivity index (χ1v) is 11.0. The van der Waals surface area contributed by atoms with Crippen molar-refractivity contribution in [3.63, 3.8) is 0 Å². The number of aliphatic imine (C=N–C) groups is 1. The third-order valence-corrected chi connectivity index (χ3v) is 6.47. The number of hydrogen-bond acceptors (Lipinski definition) is 7. The molecule has 166 valence electrons. The first-order valence-electron chi connectivity index (χ1n) is 10.2. The number of methoxy groups -OCH3 is 2. The molecule has 0 N–H and O–H groups in total. The van der Waals surface area contributed by atoms with Gasteiger partial charge in [0.2, 0.25) is 5.91 Å². The second-order valence-electron chi connectivity index (χ2n) is 7.44. The average Bonchev–Trinajstić information content (AvgIpc) is 3.09. The molecule has 2 aliphatic heterocycles. The van der Waals surface area contributed by atoms with Crippen molar-refractivity contribution in [3.05, 3.63) is 70.9 Å². The third-order valence-electron chi connectivity index (χ3n) is 5.41. The van der Waals surface area contributed by atoms with Crippen LogP contribution in [-0.2, 0) is 20.9 Å². The molecule has 0 unspecified atom stereocenters. The number of esters is 1. The number of allylic oxidation sites excluding steroid dienone is 1. The van der Waals surface area contributed by atoms with Crippen molar-refractivity contribution in [2.24, 2.45) is 4.99 Å². The molecule has 0 aromatic heterocycles. The monoisotopic (exact) mass is 452 g/mol. The quantitative estimate of drug-likeness (QED) is 0.615. The van der Waals surface area contributed by atoms with Crippen molar-refractivity contribution in [1.29, 1.82) is 0 Å². The molecular formula is C24H24N2O5S. The molecule has 4 rings (SSSR count). The van der Waals surface area contributed by atoms with Crippen molar-refractivity contribution >= 4 is 28.8 Å². The third kappa shape index (κ3) is 3.98. The van der Waals surface area contributed by atoms with Crippen LogP contribution in [0.2, 0.25) is 0 Å². The Morgan fingerprint density at radius 1 is 1.09 bits per heavy atom. The number of fused-ring (bicyclic) bond motifs is 1. The van der Waals surface area contributed by atoms with Crippen LogP contribution in [0.1, 0.15) is 31.0 Å². The number of carbonyl (C=O) groups is 2. The highest BCUT2D eigenvalue weighted by molar-refractivity contribution is 8.15. The summed E-state index contributed by atoms with van der Waals surface area (Å²) in [5, 5.41) is 0.295. The molecule has 1 amide bonds. The SMILES string of the molecule is COc1ccc([C@@H]2C(C(=O)OCc3ccccc3)=C(C)N=C3S[C@@H](C)C(=O)N32)cc1OC. The standard InChI is InChI=1S/C24H24N2O5S/c1-14-20(23(28)31-13-16-8-6-5-7-9-16)21(26-22(27)15(2)32-24(26)25-14)17-10-11-18(29-3)19(12-17)30-4/h5-12,15,21H,13H2,1-4H3/t15-,21+/m0/s1. The first kappa shape index (κ1) is 22.0. The van der Waals surface area contributed by atoms with Crippen LogP contribution >= 0.6 is 11.8 Å². The molecule has 0 saturated carbocycles. The zero-order valence-electron chi connectivity index (χ0n) is 18.3. The molecule has 2 aromatic carbocycles. The summed E-state index contributed by atoms with van der Waals surface area (Å²) in [6.07, 6.45) is 0. The fraction of sp³-hybridized carbons (Fsp3) is 0.292. The molecule has 1 fully saturated rings. The number of amides is 1. The van der Waals surface area contributed by atoms with E-state index in [2.05, 4.69) is 4.99 Å². The number of amidine groups is 1. The van der Waals surface area contributed by atoms with E-state index in [1.54, 1.807) is 38.2 Å². The van der Waals surface area contributed by atoms with Crippen LogP contribution < -0.4 is 9.47 Å². The van der Waals surface area contributed by atoms with Gasteiger partial charge in [0.05, 0.1) is 36.8 Å². The number of thioether (sulfide) groups is 1. The maximum absolute atomic E-state index is 13.3. The molecule has 8 heteroatoms. The van der Waals surface area contributed by atoms with Gasteiger partial charge in [0.25, 0.3) is 0 Å². The Balaban J connectivity index is 1.75. The van der Waals surface area contributed by atoms with Gasteiger partial charge in [-0.15, -0.1) is 0 Å². The largest absolute Gasteiger partial charge is 0.493 e. The minimum Gasteiger partial charge on any atom is -0.493 e. The average molecular weight is 453 g/mol. The van der Waals surface area contributed by atoms with Gasteiger partial charge in [0.15, 0.2) is 16.7 Å². The Bertz CT molecular complexity index is 1110. The second kappa shape index (κ2) is 9.08. The van der Waals surface area contributed by atoms with Gasteiger partial charge in [-0.25, -0.2) is 9.79 Å². The number of ether oxygens (including phenoxy) is 3. The predicted molar refractivity (Wildman–Crippen MR) is 123 cm³/mol. The van der Waals surface area contributed by atoms with E-state index in [4.69, 9.17) is 14.2 Å². The molecule has 7 nitrogen and oxygen atoms in total. The summed E-state index contributed by atoms with van der Waals surface area (Å²) in [6, 6.07) is 14.2. The summed E-state index contributed by atoms with van der Waals surface area (Å²) in [7, 11) is 3.10. The Morgan fingerprint density at radius 2 is 1.81 bits per heavy atom. The molecule has 32 heavy (non-hydrogen) atoms. The Labute approximate surface area is 191 Å². The minimum atomic E-state index is -0.671. The van der Waals surface area contributed by atoms with Crippen LogP contribution in [0, 0.1) is 0 Å². The fourth-order valence-corrected chi connectivity index (χ4v) is 4.83. The van der Waals surface area contributed by atoms with Gasteiger partial charge in [-0.3, -0.25) is 9.69 Å². The molecule has 2 aliphatic rings. The van der Waals surface area contributed by atoms with E-state index in [0.29, 0.717) is 33.5 Å². The van der Waals surface area contributed by atoms with E-state index >= 15 is 0 Å². The lowest BCUT2D eigenvalue weighted by atomic mass is 9.94. The Morgan fingerprint density at radius 3 is 2.50 bits per heavy atom. The molecule has 1 saturated heterocycles. The van der Waals surface area contributed by atoms with Gasteiger partial charge in [0.1, 0.15) is 6.61 Å². The van der Waals surface area contributed by atoms with Gasteiger partial charge in [0, 0.05) is 0 Å². The van der Waals surface area contributed by atoms with E-state index in [0.717, 1.165) is 5.56 Å². The molecule has 0 spiro atoms. The highest BCUT2D eigenvalue weighted by Gasteiger charge is 2.46. The van der Waals surface area contributed by atoms with Crippen LogP contribution in [0.5, 0.6) is 11.5 Å². The van der Waals surface area contributed by atoms with Crippen LogP contribution in [0.25, 0.3) is 0 Å². The van der Waals surface area contributed by atoms with E-state index in [-0.39, 0.29) is 17.8 Å². The minimum absolute atomic E-state index is 0.102. The summed E-state index contributed by atoms with van der Waals surface area (Å²) in [5.74, 6) is 0.460. The van der Waals surface area contributed by atoms with Crippen molar-refractivity contribution in [2.75, 3.05) is 14.2 Å². The lowest BCUT2D eigenvalue weighted by Crippen LogP contribution is -2.40. The zero-order valence-corrected chi connectivity index (χ0v) is 19.1. The highest BCUT2D eigenvalue weighted by Crippen LogP contribution is 2.44. The lowest BCUT2D eigenvalue weighted by molar-refractivity contribution is -0.141. The molecular weight excluding hydrogens is 428 g/mol. The van der Waals surface area contributed by atoms with Crippen LogP contribution in [0.4, 0.5) is 0 Å². The second-order valence-corrected chi connectivity index (χ2v) is 8.75. The molecule has 2 heterocycles. The van der Waals surface area contributed by atoms with Crippen LogP contribution in [0.15, 0.2) is 64.8 Å². The van der Waals surface area contributed by atoms with E-state index in [1.165, 1.54) is 11.8 Å². The van der Waals surface area contributed by atoms with Crippen molar-refractivity contribution in [2.45, 2.75) is 31.7 Å². The topological polar surface area (TPSA) is 77.4 Å². The normalized spacial score (nSPS) is 20.1. The van der Waals surface area contributed by atoms with Crippen molar-refractivity contribution in [3.8, 4) is 11.5 Å². The van der Waals surface area contributed by atoms with E-state index < -0.39 is 12.0 Å². The lowest BCUT2D eigenvalue weighted by Gasteiger charge is -2.33. The first-order chi connectivity index (χ1) is 15.4. The Hall–Kier alpha value is -3.26. The summed E-state index contributed by atoms with van der Waals surface area (Å²) in [6.45, 7) is 3.73. The number of rotatable bonds is 6. The van der Waals surface area contributed by atoms with Gasteiger partial charge in [-0.2, -0.15) is 0 Å². The van der Waals surface area contributed by atoms with Gasteiger partial charge in [-0.1, -0.05) is 48.2 Å². The number of hydrogen-bond donors (Lipinski definition) is 0. The zero-order chi connectivity index (χ0) is 22.8. The van der Waals surface area contributed by atoms with Gasteiger partial charge >= 0.3 is 5.97 Å². The summed E-state index contributed by atoms with van der Waals surface area (Å²) >= 11 is 1.39. The number of benzene rings is 2. The predicted octanol–water partition coefficient (Wildman–Crippen LogP) is 4.10. The van der Waals surface area contributed by atoms with E-state index in [9.17, 15) is 9.59 Å². The van der Waals surface area contributed by atoms with E-state index in [1.807, 2.05) is 43.3 Å². The maximum atomic E-state index is 13.3. The number of carbonyl (C=O) groups excluding carboxylic acids is 2. The summed E-state index contributed by atoms with van der Waals surface area (Å²) in [4.78, 5) is 32.5. The molecule has 0 radical (unpaired) electrons.